The first-order valence-corrected chi connectivity index (χ1v) is 3.86. The fourth-order valence-electron chi connectivity index (χ4n) is 0.333. The van der Waals surface area contributed by atoms with E-state index in [1.165, 1.54) is 0 Å². The highest BCUT2D eigenvalue weighted by Crippen LogP contribution is 2.00. The van der Waals surface area contributed by atoms with Crippen molar-refractivity contribution < 1.29 is 0 Å². The maximum atomic E-state index is 8.33. The molecule has 0 aromatic carbocycles. The first kappa shape index (κ1) is 8.05. The fraction of sp³-hybridized carbons (Fsp3) is 0.667. The van der Waals surface area contributed by atoms with E-state index in [1.54, 1.807) is 11.8 Å². The Kier molecular flexibility index (Phi) is 7.09. The number of nitrogens with zero attached hydrogens (tertiary/aromatic N) is 1. The van der Waals surface area contributed by atoms with E-state index in [1.807, 2.05) is 6.08 Å². The standard InChI is InChI=1S/C6H11NS/c1-2-5-8-6-3-4-7/h2H,1,3-6H2. The van der Waals surface area contributed by atoms with Crippen LogP contribution in [0.15, 0.2) is 12.7 Å². The zero-order valence-corrected chi connectivity index (χ0v) is 5.78. The molecule has 0 aromatic rings. The van der Waals surface area contributed by atoms with Crippen molar-refractivity contribution in [2.75, 3.05) is 18.1 Å². The maximum Gasteiger partial charge on any atom is 0.0329 e. The fourth-order valence-corrected chi connectivity index (χ4v) is 1.000. The van der Waals surface area contributed by atoms with Crippen LogP contribution in [0.25, 0.3) is 0 Å². The second kappa shape index (κ2) is 7.05. The highest BCUT2D eigenvalue weighted by atomic mass is 32.2. The predicted molar refractivity (Wildman–Crippen MR) is 39.1 cm³/mol. The van der Waals surface area contributed by atoms with E-state index in [4.69, 9.17) is 5.73 Å². The topological polar surface area (TPSA) is 22.3 Å². The van der Waals surface area contributed by atoms with Crippen LogP contribution in [0.1, 0.15) is 6.42 Å². The van der Waals surface area contributed by atoms with E-state index in [-0.39, 0.29) is 0 Å². The summed E-state index contributed by atoms with van der Waals surface area (Å²) in [5, 5.41) is 0. The Hall–Kier alpha value is 0.0500. The number of rotatable bonds is 5. The van der Waals surface area contributed by atoms with Crippen molar-refractivity contribution in [2.45, 2.75) is 6.42 Å². The average molecular weight is 129 g/mol. The molecular weight excluding hydrogens is 118 g/mol. The highest BCUT2D eigenvalue weighted by molar-refractivity contribution is 7.99. The summed E-state index contributed by atoms with van der Waals surface area (Å²) < 4.78 is 0. The molecule has 0 spiro atoms. The quantitative estimate of drug-likeness (QED) is 0.406. The summed E-state index contributed by atoms with van der Waals surface area (Å²) in [7, 11) is 0. The van der Waals surface area contributed by atoms with Crippen LogP contribution >= 0.6 is 11.8 Å². The van der Waals surface area contributed by atoms with Crippen molar-refractivity contribution in [3.05, 3.63) is 12.7 Å². The maximum absolute atomic E-state index is 8.33. The van der Waals surface area contributed by atoms with Crippen molar-refractivity contribution in [1.29, 1.82) is 0 Å². The lowest BCUT2D eigenvalue weighted by atomic mass is 10.5. The Morgan fingerprint density at radius 3 is 2.88 bits per heavy atom. The summed E-state index contributed by atoms with van der Waals surface area (Å²) in [6, 6.07) is 0. The third-order valence-corrected chi connectivity index (χ3v) is 1.73. The largest absolute Gasteiger partial charge is 0.158 e. The van der Waals surface area contributed by atoms with Gasteiger partial charge in [0, 0.05) is 12.3 Å². The molecule has 0 aliphatic carbocycles. The highest BCUT2D eigenvalue weighted by Gasteiger charge is 1.82. The minimum Gasteiger partial charge on any atom is -0.158 e. The second-order valence-electron chi connectivity index (χ2n) is 1.44. The molecule has 0 aliphatic heterocycles. The molecule has 8 heavy (non-hydrogen) atoms. The van der Waals surface area contributed by atoms with Crippen molar-refractivity contribution in [2.24, 2.45) is 0 Å². The van der Waals surface area contributed by atoms with Gasteiger partial charge >= 0.3 is 0 Å². The molecule has 0 saturated heterocycles. The van der Waals surface area contributed by atoms with Crippen molar-refractivity contribution in [3.8, 4) is 0 Å². The SMILES string of the molecule is C=CCSCCC[N]. The molecule has 0 atom stereocenters. The zero-order chi connectivity index (χ0) is 6.24. The third kappa shape index (κ3) is 6.05. The lowest BCUT2D eigenvalue weighted by molar-refractivity contribution is 0.918. The number of thioether (sulfide) groups is 1. The lowest BCUT2D eigenvalue weighted by Gasteiger charge is -1.91. The smallest absolute Gasteiger partial charge is 0.0329 e. The van der Waals surface area contributed by atoms with Crippen LogP contribution in [0.2, 0.25) is 0 Å². The molecule has 0 aromatic heterocycles. The minimum atomic E-state index is 0.310. The van der Waals surface area contributed by atoms with Crippen molar-refractivity contribution in [1.82, 2.24) is 5.73 Å². The molecule has 46 valence electrons. The molecule has 0 aliphatic rings. The van der Waals surface area contributed by atoms with Gasteiger partial charge in [-0.25, -0.2) is 0 Å². The summed E-state index contributed by atoms with van der Waals surface area (Å²) >= 11 is 1.80. The normalized spacial score (nSPS) is 9.12. The van der Waals surface area contributed by atoms with Crippen LogP contribution in [0.3, 0.4) is 0 Å². The van der Waals surface area contributed by atoms with Gasteiger partial charge in [0.2, 0.25) is 0 Å². The minimum absolute atomic E-state index is 0.310. The Bertz CT molecular complexity index is 54.5. The number of hydrogen-bond donors (Lipinski definition) is 0. The monoisotopic (exact) mass is 129 g/mol. The van der Waals surface area contributed by atoms with Gasteiger partial charge in [-0.15, -0.1) is 12.3 Å². The van der Waals surface area contributed by atoms with Crippen molar-refractivity contribution >= 4 is 11.8 Å². The average Bonchev–Trinajstić information content (AvgIpc) is 1.81. The second-order valence-corrected chi connectivity index (χ2v) is 2.59. The molecule has 1 nitrogen and oxygen atoms in total. The van der Waals surface area contributed by atoms with Crippen LogP contribution in [-0.2, 0) is 0 Å². The summed E-state index contributed by atoms with van der Waals surface area (Å²) in [6.07, 6.45) is 2.78. The molecule has 0 fully saturated rings. The predicted octanol–water partition coefficient (Wildman–Crippen LogP) is 1.36. The van der Waals surface area contributed by atoms with Gasteiger partial charge < -0.3 is 0 Å². The molecule has 0 N–H and O–H groups in total. The Labute approximate surface area is 55.3 Å². The molecule has 2 heteroatoms. The first-order chi connectivity index (χ1) is 3.91. The molecule has 0 amide bonds. The van der Waals surface area contributed by atoms with Crippen molar-refractivity contribution in [3.63, 3.8) is 0 Å². The van der Waals surface area contributed by atoms with Gasteiger partial charge in [0.05, 0.1) is 0 Å². The molecule has 0 rings (SSSR count). The van der Waals surface area contributed by atoms with Crippen LogP contribution in [0, 0.1) is 0 Å². The summed E-state index contributed by atoms with van der Waals surface area (Å²) in [6.45, 7) is 3.88. The Balaban J connectivity index is 2.62. The van der Waals surface area contributed by atoms with Crippen LogP contribution in [0.4, 0.5) is 0 Å². The van der Waals surface area contributed by atoms with Crippen LogP contribution in [-0.4, -0.2) is 18.1 Å². The van der Waals surface area contributed by atoms with E-state index in [0.717, 1.165) is 17.9 Å². The van der Waals surface area contributed by atoms with Gasteiger partial charge in [-0.2, -0.15) is 11.8 Å². The zero-order valence-electron chi connectivity index (χ0n) is 4.97. The van der Waals surface area contributed by atoms with Gasteiger partial charge in [-0.05, 0) is 12.2 Å². The molecule has 0 saturated carbocycles. The van der Waals surface area contributed by atoms with Gasteiger partial charge in [-0.3, -0.25) is 0 Å². The summed E-state index contributed by atoms with van der Waals surface area (Å²) in [4.78, 5) is 0. The third-order valence-electron chi connectivity index (χ3n) is 0.682. The molecule has 0 heterocycles. The van der Waals surface area contributed by atoms with Gasteiger partial charge in [0.15, 0.2) is 0 Å². The Morgan fingerprint density at radius 1 is 1.62 bits per heavy atom. The Morgan fingerprint density at radius 2 is 2.38 bits per heavy atom. The van der Waals surface area contributed by atoms with E-state index in [0.29, 0.717) is 6.54 Å². The molecular formula is C6H11NS. The van der Waals surface area contributed by atoms with E-state index < -0.39 is 0 Å². The van der Waals surface area contributed by atoms with Gasteiger partial charge in [0.25, 0.3) is 0 Å². The van der Waals surface area contributed by atoms with E-state index in [9.17, 15) is 0 Å². The van der Waals surface area contributed by atoms with E-state index >= 15 is 0 Å². The first-order valence-electron chi connectivity index (χ1n) is 2.71. The number of hydrogen-bond acceptors (Lipinski definition) is 1. The van der Waals surface area contributed by atoms with Gasteiger partial charge in [-0.1, -0.05) is 6.08 Å². The van der Waals surface area contributed by atoms with Gasteiger partial charge in [0.1, 0.15) is 0 Å². The molecule has 0 unspecified atom stereocenters. The molecule has 2 radical (unpaired) electrons. The summed E-state index contributed by atoms with van der Waals surface area (Å²) in [5.74, 6) is 2.04. The van der Waals surface area contributed by atoms with Crippen LogP contribution in [0.5, 0.6) is 0 Å². The van der Waals surface area contributed by atoms with Crippen LogP contribution < -0.4 is 5.73 Å². The lowest BCUT2D eigenvalue weighted by Crippen LogP contribution is -1.87. The summed E-state index contributed by atoms with van der Waals surface area (Å²) in [5.41, 5.74) is 8.33. The van der Waals surface area contributed by atoms with E-state index in [2.05, 4.69) is 6.58 Å². The molecule has 0 bridgehead atoms.